The largest absolute Gasteiger partial charge is 0.309 e. The smallest absolute Gasteiger partial charge is 0.0579 e. The van der Waals surface area contributed by atoms with Gasteiger partial charge in [0.15, 0.2) is 0 Å². The van der Waals surface area contributed by atoms with Crippen molar-refractivity contribution in [3.63, 3.8) is 0 Å². The zero-order valence-electron chi connectivity index (χ0n) is 30.0. The van der Waals surface area contributed by atoms with Gasteiger partial charge in [0, 0.05) is 32.8 Å². The lowest BCUT2D eigenvalue weighted by Gasteiger charge is -2.29. The number of para-hydroxylation sites is 3. The maximum absolute atomic E-state index is 2.56. The van der Waals surface area contributed by atoms with E-state index in [9.17, 15) is 0 Å². The van der Waals surface area contributed by atoms with E-state index in [0.717, 1.165) is 0 Å². The van der Waals surface area contributed by atoms with E-state index >= 15 is 0 Å². The minimum atomic E-state index is 1.17. The molecule has 8 aromatic carbocycles. The van der Waals surface area contributed by atoms with E-state index in [1.165, 1.54) is 116 Å². The number of hydrogen-bond acceptors (Lipinski definition) is 0. The third-order valence-electron chi connectivity index (χ3n) is 12.0. The molecule has 0 spiro atoms. The SMILES string of the molecule is Cc1c(C)c2c(c(-n3c4ccccc4c4cc(-n5c6ccccc6c6ccccc65)ccc43)c1C)-c1ccccc1-c1ccccc1-c1ccccc1-2. The Morgan fingerprint density at radius 1 is 0.302 bits per heavy atom. The quantitative estimate of drug-likeness (QED) is 0.172. The van der Waals surface area contributed by atoms with Crippen LogP contribution in [-0.2, 0) is 0 Å². The zero-order valence-corrected chi connectivity index (χ0v) is 30.0. The molecule has 0 aliphatic heterocycles. The molecule has 2 aromatic heterocycles. The molecule has 0 saturated carbocycles. The number of hydrogen-bond donors (Lipinski definition) is 0. The molecule has 2 heterocycles. The third-order valence-corrected chi connectivity index (χ3v) is 12.0. The first-order valence-corrected chi connectivity index (χ1v) is 18.5. The molecule has 0 bridgehead atoms. The maximum Gasteiger partial charge on any atom is 0.0579 e. The number of fused-ring (bicyclic) bond motifs is 14. The van der Waals surface area contributed by atoms with E-state index in [0.29, 0.717) is 0 Å². The van der Waals surface area contributed by atoms with Crippen molar-refractivity contribution in [2.45, 2.75) is 20.8 Å². The molecule has 0 unspecified atom stereocenters. The lowest BCUT2D eigenvalue weighted by Crippen LogP contribution is -2.08. The highest BCUT2D eigenvalue weighted by molar-refractivity contribution is 6.14. The Bertz CT molecular complexity index is 3100. The molecule has 1 aliphatic rings. The molecule has 53 heavy (non-hydrogen) atoms. The van der Waals surface area contributed by atoms with Crippen LogP contribution in [0.15, 0.2) is 164 Å². The van der Waals surface area contributed by atoms with Gasteiger partial charge >= 0.3 is 0 Å². The summed E-state index contributed by atoms with van der Waals surface area (Å²) in [5.74, 6) is 0. The number of nitrogens with zero attached hydrogens (tertiary/aromatic N) is 2. The Kier molecular flexibility index (Phi) is 6.33. The molecule has 11 rings (SSSR count). The van der Waals surface area contributed by atoms with Gasteiger partial charge in [-0.1, -0.05) is 127 Å². The molecule has 1 aliphatic carbocycles. The summed E-state index contributed by atoms with van der Waals surface area (Å²) in [5.41, 5.74) is 21.5. The van der Waals surface area contributed by atoms with Crippen LogP contribution in [0.2, 0.25) is 0 Å². The van der Waals surface area contributed by atoms with Crippen LogP contribution in [-0.4, -0.2) is 9.13 Å². The standard InChI is InChI=1S/C51H36N2/c1-31-32(2)49-42-23-8-6-18-37(42)35-16-4-5-17-36(35)38-19-7-9-24-43(38)50(49)51(33(31)3)53-47-27-15-12-22-41(47)44-30-34(28-29-48(44)53)52-45-25-13-10-20-39(45)40-21-11-14-26-46(40)52/h4-30H,1-3H3. The Balaban J connectivity index is 1.29. The summed E-state index contributed by atoms with van der Waals surface area (Å²) in [5, 5.41) is 5.05. The average Bonchev–Trinajstić information content (AvgIpc) is 3.72. The summed E-state index contributed by atoms with van der Waals surface area (Å²) < 4.78 is 4.99. The van der Waals surface area contributed by atoms with Crippen molar-refractivity contribution in [3.8, 4) is 55.9 Å². The molecule has 0 saturated heterocycles. The van der Waals surface area contributed by atoms with Gasteiger partial charge in [-0.25, -0.2) is 0 Å². The number of rotatable bonds is 2. The van der Waals surface area contributed by atoms with Gasteiger partial charge in [-0.05, 0) is 113 Å². The van der Waals surface area contributed by atoms with Crippen molar-refractivity contribution >= 4 is 43.6 Å². The molecular weight excluding hydrogens is 641 g/mol. The normalized spacial score (nSPS) is 12.1. The summed E-state index contributed by atoms with van der Waals surface area (Å²) in [6.45, 7) is 6.96. The van der Waals surface area contributed by atoms with Gasteiger partial charge in [-0.15, -0.1) is 0 Å². The number of aromatic nitrogens is 2. The maximum atomic E-state index is 2.56. The molecule has 0 radical (unpaired) electrons. The second kappa shape index (κ2) is 11.2. The summed E-state index contributed by atoms with van der Waals surface area (Å²) in [7, 11) is 0. The summed E-state index contributed by atoms with van der Waals surface area (Å²) >= 11 is 0. The fraction of sp³-hybridized carbons (Fsp3) is 0.0588. The zero-order chi connectivity index (χ0) is 35.4. The lowest BCUT2D eigenvalue weighted by molar-refractivity contribution is 1.12. The van der Waals surface area contributed by atoms with Crippen LogP contribution in [0.3, 0.4) is 0 Å². The third kappa shape index (κ3) is 4.09. The van der Waals surface area contributed by atoms with Crippen LogP contribution in [0, 0.1) is 20.8 Å². The monoisotopic (exact) mass is 676 g/mol. The molecule has 2 heteroatoms. The molecule has 0 N–H and O–H groups in total. The van der Waals surface area contributed by atoms with Crippen LogP contribution in [0.5, 0.6) is 0 Å². The van der Waals surface area contributed by atoms with E-state index in [1.807, 2.05) is 0 Å². The van der Waals surface area contributed by atoms with Crippen LogP contribution in [0.1, 0.15) is 16.7 Å². The van der Waals surface area contributed by atoms with Crippen molar-refractivity contribution in [2.75, 3.05) is 0 Å². The van der Waals surface area contributed by atoms with Crippen LogP contribution in [0.4, 0.5) is 0 Å². The summed E-state index contributed by atoms with van der Waals surface area (Å²) in [4.78, 5) is 0. The van der Waals surface area contributed by atoms with E-state index < -0.39 is 0 Å². The van der Waals surface area contributed by atoms with Gasteiger partial charge in [0.1, 0.15) is 0 Å². The van der Waals surface area contributed by atoms with Gasteiger partial charge in [-0.2, -0.15) is 0 Å². The van der Waals surface area contributed by atoms with Crippen molar-refractivity contribution in [1.82, 2.24) is 9.13 Å². The van der Waals surface area contributed by atoms with Crippen molar-refractivity contribution in [1.29, 1.82) is 0 Å². The topological polar surface area (TPSA) is 9.86 Å². The lowest BCUT2D eigenvalue weighted by atomic mass is 9.77. The first-order chi connectivity index (χ1) is 26.1. The fourth-order valence-electron chi connectivity index (χ4n) is 9.38. The highest BCUT2D eigenvalue weighted by Crippen LogP contribution is 2.53. The van der Waals surface area contributed by atoms with E-state index in [-0.39, 0.29) is 0 Å². The first kappa shape index (κ1) is 30.0. The summed E-state index contributed by atoms with van der Waals surface area (Å²) in [6, 6.07) is 60.6. The van der Waals surface area contributed by atoms with E-state index in [4.69, 9.17) is 0 Å². The van der Waals surface area contributed by atoms with Gasteiger partial charge in [-0.3, -0.25) is 0 Å². The van der Waals surface area contributed by atoms with Crippen molar-refractivity contribution < 1.29 is 0 Å². The summed E-state index contributed by atoms with van der Waals surface area (Å²) in [6.07, 6.45) is 0. The second-order valence-corrected chi connectivity index (χ2v) is 14.5. The predicted octanol–water partition coefficient (Wildman–Crippen LogP) is 13.8. The Labute approximate surface area is 308 Å². The molecule has 0 amide bonds. The van der Waals surface area contributed by atoms with E-state index in [1.54, 1.807) is 0 Å². The van der Waals surface area contributed by atoms with Gasteiger partial charge < -0.3 is 9.13 Å². The Morgan fingerprint density at radius 3 is 1.25 bits per heavy atom. The minimum absolute atomic E-state index is 1.17. The first-order valence-electron chi connectivity index (χ1n) is 18.5. The fourth-order valence-corrected chi connectivity index (χ4v) is 9.38. The predicted molar refractivity (Wildman–Crippen MR) is 225 cm³/mol. The molecule has 10 aromatic rings. The van der Waals surface area contributed by atoms with Crippen molar-refractivity contribution in [3.05, 3.63) is 180 Å². The van der Waals surface area contributed by atoms with E-state index in [2.05, 4.69) is 194 Å². The van der Waals surface area contributed by atoms with Gasteiger partial charge in [0.2, 0.25) is 0 Å². The molecule has 2 nitrogen and oxygen atoms in total. The highest BCUT2D eigenvalue weighted by atomic mass is 15.0. The second-order valence-electron chi connectivity index (χ2n) is 14.5. The van der Waals surface area contributed by atoms with Gasteiger partial charge in [0.25, 0.3) is 0 Å². The molecule has 250 valence electrons. The Morgan fingerprint density at radius 2 is 0.698 bits per heavy atom. The van der Waals surface area contributed by atoms with Crippen LogP contribution >= 0.6 is 0 Å². The molecule has 0 fully saturated rings. The average molecular weight is 677 g/mol. The molecule has 0 atom stereocenters. The minimum Gasteiger partial charge on any atom is -0.309 e. The Hall–Kier alpha value is -6.64. The molecular formula is C51H36N2. The highest BCUT2D eigenvalue weighted by Gasteiger charge is 2.29. The van der Waals surface area contributed by atoms with Crippen LogP contribution < -0.4 is 0 Å². The number of benzene rings is 8. The van der Waals surface area contributed by atoms with Crippen molar-refractivity contribution in [2.24, 2.45) is 0 Å². The van der Waals surface area contributed by atoms with Crippen LogP contribution in [0.25, 0.3) is 99.5 Å². The van der Waals surface area contributed by atoms with Gasteiger partial charge in [0.05, 0.1) is 27.8 Å².